The molecule has 0 amide bonds. The number of hydrogen-bond acceptors (Lipinski definition) is 5. The molecule has 0 aliphatic carbocycles. The first-order valence-electron chi connectivity index (χ1n) is 8.74. The van der Waals surface area contributed by atoms with Crippen molar-refractivity contribution >= 4 is 32.5 Å². The maximum Gasteiger partial charge on any atom is 0.164 e. The second-order valence-corrected chi connectivity index (χ2v) is 10.1. The molecule has 0 N–H and O–H groups in total. The van der Waals surface area contributed by atoms with Gasteiger partial charge in [-0.15, -0.1) is 0 Å². The fourth-order valence-corrected chi connectivity index (χ4v) is 6.47. The molecular formula is C20H22N2O2S2. The summed E-state index contributed by atoms with van der Waals surface area (Å²) in [5, 5.41) is 0.930. The molecule has 4 nitrogen and oxygen atoms in total. The molecule has 2 unspecified atom stereocenters. The second kappa shape index (κ2) is 6.74. The predicted octanol–water partition coefficient (Wildman–Crippen LogP) is 3.58. The number of nitrogens with zero attached hydrogens (tertiary/aromatic N) is 2. The first-order valence-corrected chi connectivity index (χ1v) is 11.5. The summed E-state index contributed by atoms with van der Waals surface area (Å²) in [5.74, 6) is 1.17. The Morgan fingerprint density at radius 3 is 2.58 bits per heavy atom. The van der Waals surface area contributed by atoms with Crippen LogP contribution in [0.2, 0.25) is 0 Å². The molecule has 6 heteroatoms. The Labute approximate surface area is 159 Å². The Morgan fingerprint density at radius 2 is 1.85 bits per heavy atom. The van der Waals surface area contributed by atoms with E-state index in [9.17, 15) is 8.42 Å². The van der Waals surface area contributed by atoms with Crippen molar-refractivity contribution in [2.24, 2.45) is 4.99 Å². The largest absolute Gasteiger partial charge is 0.315 e. The van der Waals surface area contributed by atoms with Gasteiger partial charge in [0, 0.05) is 11.4 Å². The van der Waals surface area contributed by atoms with Crippen LogP contribution in [0.3, 0.4) is 0 Å². The van der Waals surface area contributed by atoms with Crippen molar-refractivity contribution in [2.75, 3.05) is 16.4 Å². The zero-order valence-electron chi connectivity index (χ0n) is 14.9. The van der Waals surface area contributed by atoms with E-state index in [0.29, 0.717) is 0 Å². The van der Waals surface area contributed by atoms with Crippen LogP contribution in [-0.2, 0) is 15.6 Å². The molecular weight excluding hydrogens is 364 g/mol. The second-order valence-electron chi connectivity index (χ2n) is 7.04. The number of aryl methyl sites for hydroxylation is 2. The van der Waals surface area contributed by atoms with Crippen LogP contribution in [-0.4, -0.2) is 37.2 Å². The van der Waals surface area contributed by atoms with E-state index in [4.69, 9.17) is 4.99 Å². The zero-order valence-corrected chi connectivity index (χ0v) is 16.6. The topological polar surface area (TPSA) is 49.7 Å². The minimum Gasteiger partial charge on any atom is -0.315 e. The molecule has 136 valence electrons. The van der Waals surface area contributed by atoms with Crippen molar-refractivity contribution in [1.29, 1.82) is 0 Å². The number of hydrogen-bond donors (Lipinski definition) is 0. The van der Waals surface area contributed by atoms with E-state index in [-0.39, 0.29) is 23.6 Å². The molecule has 1 fully saturated rings. The van der Waals surface area contributed by atoms with Gasteiger partial charge in [0.05, 0.1) is 23.6 Å². The van der Waals surface area contributed by atoms with Crippen molar-refractivity contribution in [3.63, 3.8) is 0 Å². The molecule has 26 heavy (non-hydrogen) atoms. The molecule has 0 spiro atoms. The molecule has 2 aliphatic rings. The van der Waals surface area contributed by atoms with Crippen molar-refractivity contribution in [2.45, 2.75) is 31.7 Å². The van der Waals surface area contributed by atoms with E-state index < -0.39 is 9.84 Å². The molecule has 2 aliphatic heterocycles. The average Bonchev–Trinajstić information content (AvgIpc) is 3.07. The first-order chi connectivity index (χ1) is 12.4. The summed E-state index contributed by atoms with van der Waals surface area (Å²) in [7, 11) is -3.01. The van der Waals surface area contributed by atoms with Gasteiger partial charge in [-0.3, -0.25) is 4.99 Å². The fraction of sp³-hybridized carbons (Fsp3) is 0.350. The summed E-state index contributed by atoms with van der Waals surface area (Å²) < 4.78 is 24.1. The molecule has 0 aromatic heterocycles. The molecule has 4 rings (SSSR count). The lowest BCUT2D eigenvalue weighted by atomic mass is 10.1. The number of benzene rings is 2. The smallest absolute Gasteiger partial charge is 0.164 e. The van der Waals surface area contributed by atoms with Gasteiger partial charge in [-0.25, -0.2) is 8.42 Å². The van der Waals surface area contributed by atoms with Crippen LogP contribution in [0, 0.1) is 13.8 Å². The fourth-order valence-electron chi connectivity index (χ4n) is 3.56. The number of anilines is 1. The third kappa shape index (κ3) is 3.40. The monoisotopic (exact) mass is 386 g/mol. The van der Waals surface area contributed by atoms with Gasteiger partial charge in [0.1, 0.15) is 0 Å². The standard InChI is InChI=1S/C20H22N2O2S2/c1-14-8-9-16(10-15(14)2)11-25-20-21-18-12-26(23,24)13-19(18)22(20)17-6-4-3-5-7-17/h3-10,18-19H,11-13H2,1-2H3. The van der Waals surface area contributed by atoms with Gasteiger partial charge in [-0.2, -0.15) is 0 Å². The Balaban J connectivity index is 1.59. The maximum atomic E-state index is 12.1. The lowest BCUT2D eigenvalue weighted by Crippen LogP contribution is -2.39. The molecule has 2 aromatic carbocycles. The van der Waals surface area contributed by atoms with Gasteiger partial charge < -0.3 is 4.90 Å². The first kappa shape index (κ1) is 17.6. The summed E-state index contributed by atoms with van der Waals surface area (Å²) in [4.78, 5) is 6.91. The lowest BCUT2D eigenvalue weighted by Gasteiger charge is -2.26. The quantitative estimate of drug-likeness (QED) is 0.809. The molecule has 0 saturated carbocycles. The van der Waals surface area contributed by atoms with Gasteiger partial charge in [-0.1, -0.05) is 48.2 Å². The highest BCUT2D eigenvalue weighted by molar-refractivity contribution is 8.13. The number of rotatable bonds is 3. The number of thioether (sulfide) groups is 1. The van der Waals surface area contributed by atoms with Crippen molar-refractivity contribution in [1.82, 2.24) is 0 Å². The molecule has 2 heterocycles. The predicted molar refractivity (Wildman–Crippen MR) is 110 cm³/mol. The van der Waals surface area contributed by atoms with E-state index in [1.807, 2.05) is 30.3 Å². The van der Waals surface area contributed by atoms with Gasteiger partial charge in [0.2, 0.25) is 0 Å². The van der Waals surface area contributed by atoms with Gasteiger partial charge in [0.25, 0.3) is 0 Å². The van der Waals surface area contributed by atoms with Crippen LogP contribution < -0.4 is 4.90 Å². The third-order valence-electron chi connectivity index (χ3n) is 5.08. The van der Waals surface area contributed by atoms with E-state index in [1.165, 1.54) is 16.7 Å². The number of amidine groups is 1. The number of aliphatic imine (C=N–C) groups is 1. The minimum atomic E-state index is -3.01. The van der Waals surface area contributed by atoms with E-state index in [0.717, 1.165) is 16.6 Å². The van der Waals surface area contributed by atoms with Gasteiger partial charge >= 0.3 is 0 Å². The molecule has 0 bridgehead atoms. The van der Waals surface area contributed by atoms with Crippen LogP contribution in [0.15, 0.2) is 53.5 Å². The third-order valence-corrected chi connectivity index (χ3v) is 7.82. The Kier molecular flexibility index (Phi) is 4.57. The maximum absolute atomic E-state index is 12.1. The average molecular weight is 387 g/mol. The Bertz CT molecular complexity index is 955. The van der Waals surface area contributed by atoms with Crippen molar-refractivity contribution < 1.29 is 8.42 Å². The molecule has 2 aromatic rings. The Morgan fingerprint density at radius 1 is 1.08 bits per heavy atom. The number of fused-ring (bicyclic) bond motifs is 1. The summed E-state index contributed by atoms with van der Waals surface area (Å²) in [6.07, 6.45) is 0. The van der Waals surface area contributed by atoms with Crippen LogP contribution in [0.25, 0.3) is 0 Å². The minimum absolute atomic E-state index is 0.0790. The van der Waals surface area contributed by atoms with Gasteiger partial charge in [0.15, 0.2) is 15.0 Å². The van der Waals surface area contributed by atoms with E-state index in [2.05, 4.69) is 36.9 Å². The summed E-state index contributed by atoms with van der Waals surface area (Å²) in [6, 6.07) is 16.3. The normalized spacial score (nSPS) is 23.8. The number of para-hydroxylation sites is 1. The highest BCUT2D eigenvalue weighted by Gasteiger charge is 2.47. The lowest BCUT2D eigenvalue weighted by molar-refractivity contribution is 0.601. The zero-order chi connectivity index (χ0) is 18.3. The molecule has 0 radical (unpaired) electrons. The highest BCUT2D eigenvalue weighted by atomic mass is 32.2. The van der Waals surface area contributed by atoms with E-state index >= 15 is 0 Å². The summed E-state index contributed by atoms with van der Waals surface area (Å²) in [6.45, 7) is 4.24. The van der Waals surface area contributed by atoms with Crippen LogP contribution in [0.1, 0.15) is 16.7 Å². The van der Waals surface area contributed by atoms with Crippen LogP contribution in [0.5, 0.6) is 0 Å². The van der Waals surface area contributed by atoms with Crippen LogP contribution in [0.4, 0.5) is 5.69 Å². The van der Waals surface area contributed by atoms with Crippen molar-refractivity contribution in [3.05, 3.63) is 65.2 Å². The van der Waals surface area contributed by atoms with Gasteiger partial charge in [-0.05, 0) is 42.7 Å². The number of sulfone groups is 1. The highest BCUT2D eigenvalue weighted by Crippen LogP contribution is 2.35. The van der Waals surface area contributed by atoms with Crippen LogP contribution >= 0.6 is 11.8 Å². The van der Waals surface area contributed by atoms with Crippen molar-refractivity contribution in [3.8, 4) is 0 Å². The molecule has 1 saturated heterocycles. The summed E-state index contributed by atoms with van der Waals surface area (Å²) >= 11 is 1.69. The summed E-state index contributed by atoms with van der Waals surface area (Å²) in [5.41, 5.74) is 4.86. The SMILES string of the molecule is Cc1ccc(CSC2=NC3CS(=O)(=O)CC3N2c2ccccc2)cc1C. The Hall–Kier alpha value is -1.79. The molecule has 2 atom stereocenters. The van der Waals surface area contributed by atoms with E-state index in [1.54, 1.807) is 11.8 Å².